The molecule has 1 N–H and O–H groups in total. The maximum absolute atomic E-state index is 12.1. The highest BCUT2D eigenvalue weighted by Crippen LogP contribution is 2.30. The summed E-state index contributed by atoms with van der Waals surface area (Å²) in [5.41, 5.74) is 1.03. The molecule has 7 nitrogen and oxygen atoms in total. The van der Waals surface area contributed by atoms with Gasteiger partial charge in [0.2, 0.25) is 11.0 Å². The average Bonchev–Trinajstić information content (AvgIpc) is 2.68. The minimum atomic E-state index is -4.22. The van der Waals surface area contributed by atoms with Gasteiger partial charge in [0, 0.05) is 17.7 Å². The van der Waals surface area contributed by atoms with Gasteiger partial charge >= 0.3 is 0 Å². The quantitative estimate of drug-likeness (QED) is 0.304. The van der Waals surface area contributed by atoms with Crippen molar-refractivity contribution in [1.29, 1.82) is 0 Å². The van der Waals surface area contributed by atoms with Crippen LogP contribution >= 0.6 is 0 Å². The number of fused-ring (bicyclic) bond motifs is 3. The Kier molecular flexibility index (Phi) is 4.60. The van der Waals surface area contributed by atoms with Gasteiger partial charge in [-0.3, -0.25) is 4.55 Å². The molecule has 0 aliphatic carbocycles. The predicted molar refractivity (Wildman–Crippen MR) is 106 cm³/mol. The van der Waals surface area contributed by atoms with E-state index in [0.717, 1.165) is 10.8 Å². The molecule has 0 saturated heterocycles. The van der Waals surface area contributed by atoms with Crippen molar-refractivity contribution in [2.45, 2.75) is 6.54 Å². The number of hydrogen-bond donors (Lipinski definition) is 1. The van der Waals surface area contributed by atoms with Gasteiger partial charge in [-0.15, -0.1) is 0 Å². The molecule has 0 aliphatic rings. The fourth-order valence-corrected chi connectivity index (χ4v) is 4.09. The maximum atomic E-state index is 12.1. The van der Waals surface area contributed by atoms with E-state index in [-0.39, 0.29) is 12.1 Å². The van der Waals surface area contributed by atoms with Crippen molar-refractivity contribution in [2.24, 2.45) is 0 Å². The number of ether oxygens (including phenoxy) is 1. The standard InChI is InChI=1S/C21H17NO6S/c1-28-15-6-7-18-17(12-15)20(21(23)24)16-10-13-4-2-3-5-14(13)11-19(16)22(18)8-9-29(25,26)27/h2-7,10-12H,8-9H2,1H3,(H-,23,24,25,26,27). The number of pyridine rings is 1. The van der Waals surface area contributed by atoms with Crippen molar-refractivity contribution in [3.8, 4) is 5.75 Å². The second-order valence-corrected chi connectivity index (χ2v) is 8.27. The lowest BCUT2D eigenvalue weighted by atomic mass is 9.98. The molecule has 0 atom stereocenters. The molecule has 0 spiro atoms. The number of benzene rings is 3. The van der Waals surface area contributed by atoms with Crippen LogP contribution in [0, 0.1) is 0 Å². The van der Waals surface area contributed by atoms with Gasteiger partial charge in [-0.25, -0.2) is 0 Å². The fraction of sp³-hybridized carbons (Fsp3) is 0.143. The molecule has 0 aliphatic heterocycles. The summed E-state index contributed by atoms with van der Waals surface area (Å²) in [5.74, 6) is -1.39. The van der Waals surface area contributed by atoms with Gasteiger partial charge < -0.3 is 14.6 Å². The highest BCUT2D eigenvalue weighted by molar-refractivity contribution is 7.85. The highest BCUT2D eigenvalue weighted by atomic mass is 32.2. The molecule has 1 heterocycles. The van der Waals surface area contributed by atoms with Crippen molar-refractivity contribution in [1.82, 2.24) is 0 Å². The van der Waals surface area contributed by atoms with E-state index in [1.54, 1.807) is 28.8 Å². The van der Waals surface area contributed by atoms with Gasteiger partial charge in [0.1, 0.15) is 11.5 Å². The molecule has 3 aromatic carbocycles. The first-order valence-corrected chi connectivity index (χ1v) is 10.4. The van der Waals surface area contributed by atoms with E-state index in [4.69, 9.17) is 4.74 Å². The molecule has 4 rings (SSSR count). The van der Waals surface area contributed by atoms with Crippen LogP contribution < -0.4 is 14.4 Å². The number of aromatic nitrogens is 1. The van der Waals surface area contributed by atoms with Gasteiger partial charge in [-0.2, -0.15) is 13.0 Å². The molecule has 0 radical (unpaired) electrons. The number of carbonyl (C=O) groups is 1. The summed E-state index contributed by atoms with van der Waals surface area (Å²) in [7, 11) is -2.74. The number of carboxylic acid groups (broad SMARTS) is 1. The van der Waals surface area contributed by atoms with Crippen LogP contribution in [-0.4, -0.2) is 31.8 Å². The Balaban J connectivity index is 2.19. The van der Waals surface area contributed by atoms with E-state index >= 15 is 0 Å². The lowest BCUT2D eigenvalue weighted by molar-refractivity contribution is -0.640. The largest absolute Gasteiger partial charge is 0.545 e. The number of methoxy groups -OCH3 is 1. The topological polar surface area (TPSA) is 108 Å². The Morgan fingerprint density at radius 1 is 1.03 bits per heavy atom. The van der Waals surface area contributed by atoms with Gasteiger partial charge in [0.25, 0.3) is 10.1 Å². The lowest BCUT2D eigenvalue weighted by Crippen LogP contribution is -2.40. The van der Waals surface area contributed by atoms with Crippen molar-refractivity contribution in [3.05, 3.63) is 60.2 Å². The van der Waals surface area contributed by atoms with E-state index in [1.165, 1.54) is 7.11 Å². The number of carbonyl (C=O) groups excluding carboxylic acids is 1. The number of aryl methyl sites for hydroxylation is 1. The lowest BCUT2D eigenvalue weighted by Gasteiger charge is -2.14. The highest BCUT2D eigenvalue weighted by Gasteiger charge is 2.23. The fourth-order valence-electron chi connectivity index (χ4n) is 3.67. The van der Waals surface area contributed by atoms with Crippen LogP contribution in [0.25, 0.3) is 32.6 Å². The maximum Gasteiger partial charge on any atom is 0.271 e. The van der Waals surface area contributed by atoms with E-state index in [0.29, 0.717) is 27.6 Å². The van der Waals surface area contributed by atoms with Crippen LogP contribution in [0.4, 0.5) is 0 Å². The average molecular weight is 411 g/mol. The van der Waals surface area contributed by atoms with Gasteiger partial charge in [0.15, 0.2) is 6.54 Å². The smallest absolute Gasteiger partial charge is 0.271 e. The molecule has 0 saturated carbocycles. The number of aromatic carboxylic acids is 1. The summed E-state index contributed by atoms with van der Waals surface area (Å²) in [5, 5.41) is 14.6. The molecule has 0 fully saturated rings. The molecule has 8 heteroatoms. The molecule has 0 bridgehead atoms. The third kappa shape index (κ3) is 3.48. The Hall–Kier alpha value is -3.23. The molecule has 29 heavy (non-hydrogen) atoms. The summed E-state index contributed by atoms with van der Waals surface area (Å²) in [6.07, 6.45) is 0. The third-order valence-electron chi connectivity index (χ3n) is 4.96. The van der Waals surface area contributed by atoms with E-state index in [2.05, 4.69) is 0 Å². The van der Waals surface area contributed by atoms with Crippen LogP contribution in [0.15, 0.2) is 54.6 Å². The molecule has 4 aromatic rings. The Morgan fingerprint density at radius 3 is 2.31 bits per heavy atom. The first-order chi connectivity index (χ1) is 13.8. The van der Waals surface area contributed by atoms with Crippen molar-refractivity contribution < 1.29 is 32.2 Å². The molecule has 0 unspecified atom stereocenters. The molecule has 1 aromatic heterocycles. The molecule has 148 valence electrons. The number of hydrogen-bond acceptors (Lipinski definition) is 5. The third-order valence-corrected chi connectivity index (χ3v) is 5.66. The summed E-state index contributed by atoms with van der Waals surface area (Å²) < 4.78 is 38.9. The minimum Gasteiger partial charge on any atom is -0.545 e. The number of carboxylic acids is 1. The molecular formula is C21H17NO6S. The monoisotopic (exact) mass is 411 g/mol. The second kappa shape index (κ2) is 6.98. The predicted octanol–water partition coefficient (Wildman–Crippen LogP) is 1.69. The number of nitrogens with zero attached hydrogens (tertiary/aromatic N) is 1. The van der Waals surface area contributed by atoms with E-state index in [1.807, 2.05) is 30.3 Å². The van der Waals surface area contributed by atoms with Crippen molar-refractivity contribution >= 4 is 48.7 Å². The van der Waals surface area contributed by atoms with E-state index in [9.17, 15) is 22.9 Å². The van der Waals surface area contributed by atoms with Gasteiger partial charge in [-0.05, 0) is 29.0 Å². The second-order valence-electron chi connectivity index (χ2n) is 6.70. The zero-order valence-electron chi connectivity index (χ0n) is 15.5. The normalized spacial score (nSPS) is 11.9. The van der Waals surface area contributed by atoms with Gasteiger partial charge in [0.05, 0.1) is 23.9 Å². The zero-order chi connectivity index (χ0) is 20.8. The zero-order valence-corrected chi connectivity index (χ0v) is 16.3. The van der Waals surface area contributed by atoms with Crippen molar-refractivity contribution in [3.63, 3.8) is 0 Å². The van der Waals surface area contributed by atoms with E-state index < -0.39 is 21.8 Å². The van der Waals surface area contributed by atoms with Crippen LogP contribution in [-0.2, 0) is 16.7 Å². The Bertz CT molecular complexity index is 1400. The summed E-state index contributed by atoms with van der Waals surface area (Å²) in [4.78, 5) is 12.1. The summed E-state index contributed by atoms with van der Waals surface area (Å²) in [6.45, 7) is -0.0518. The summed E-state index contributed by atoms with van der Waals surface area (Å²) in [6, 6.07) is 15.9. The summed E-state index contributed by atoms with van der Waals surface area (Å²) >= 11 is 0. The van der Waals surface area contributed by atoms with Crippen LogP contribution in [0.2, 0.25) is 0 Å². The van der Waals surface area contributed by atoms with Gasteiger partial charge in [-0.1, -0.05) is 24.3 Å². The SMILES string of the molecule is COc1ccc2c(c1)c(C(=O)[O-])c1cc3ccccc3cc1[n+]2CCS(=O)(=O)O. The first-order valence-electron chi connectivity index (χ1n) is 8.81. The Labute approximate surface area is 166 Å². The molecular weight excluding hydrogens is 394 g/mol. The number of rotatable bonds is 5. The van der Waals surface area contributed by atoms with Crippen LogP contribution in [0.1, 0.15) is 10.4 Å². The Morgan fingerprint density at radius 2 is 1.69 bits per heavy atom. The van der Waals surface area contributed by atoms with Crippen LogP contribution in [0.5, 0.6) is 5.75 Å². The van der Waals surface area contributed by atoms with Crippen LogP contribution in [0.3, 0.4) is 0 Å². The minimum absolute atomic E-state index is 0.00255. The van der Waals surface area contributed by atoms with Crippen molar-refractivity contribution in [2.75, 3.05) is 12.9 Å². The molecule has 0 amide bonds. The first kappa shape index (κ1) is 19.1.